The van der Waals surface area contributed by atoms with Crippen LogP contribution >= 0.6 is 11.3 Å². The lowest BCUT2D eigenvalue weighted by atomic mass is 9.94. The first-order valence-electron chi connectivity index (χ1n) is 9.76. The van der Waals surface area contributed by atoms with Crippen LogP contribution in [0, 0.1) is 5.92 Å². The highest BCUT2D eigenvalue weighted by Crippen LogP contribution is 2.24. The topological polar surface area (TPSA) is 127 Å². The van der Waals surface area contributed by atoms with Crippen LogP contribution < -0.4 is 11.1 Å². The molecule has 1 aromatic heterocycles. The van der Waals surface area contributed by atoms with E-state index in [0.717, 1.165) is 11.1 Å². The van der Waals surface area contributed by atoms with E-state index in [1.54, 1.807) is 18.3 Å². The van der Waals surface area contributed by atoms with Crippen molar-refractivity contribution in [3.05, 3.63) is 47.3 Å². The summed E-state index contributed by atoms with van der Waals surface area (Å²) in [5.41, 5.74) is 7.33. The SMILES string of the molecule is CC[C@H](NC(=O)CCc1ccc(-c2cccs2)cc1)C(=O)C[C@@H](CC(=O)O)C(N)=O. The van der Waals surface area contributed by atoms with E-state index in [1.807, 2.05) is 41.8 Å². The number of Topliss-reactive ketones (excluding diaryl/α,β-unsaturated/α-hetero) is 1. The maximum absolute atomic E-state index is 12.4. The summed E-state index contributed by atoms with van der Waals surface area (Å²) in [4.78, 5) is 48.1. The van der Waals surface area contributed by atoms with Gasteiger partial charge in [-0.1, -0.05) is 37.3 Å². The summed E-state index contributed by atoms with van der Waals surface area (Å²) >= 11 is 1.66. The Balaban J connectivity index is 1.86. The van der Waals surface area contributed by atoms with Gasteiger partial charge in [0.25, 0.3) is 0 Å². The van der Waals surface area contributed by atoms with Crippen LogP contribution in [-0.4, -0.2) is 34.7 Å². The number of benzene rings is 1. The second-order valence-electron chi connectivity index (χ2n) is 7.07. The third-order valence-corrected chi connectivity index (χ3v) is 5.72. The summed E-state index contributed by atoms with van der Waals surface area (Å²) in [6, 6.07) is 11.3. The first-order chi connectivity index (χ1) is 14.3. The number of primary amides is 1. The summed E-state index contributed by atoms with van der Waals surface area (Å²) in [7, 11) is 0. The lowest BCUT2D eigenvalue weighted by Crippen LogP contribution is -2.42. The average molecular weight is 431 g/mol. The molecule has 0 aliphatic carbocycles. The van der Waals surface area contributed by atoms with Crippen molar-refractivity contribution in [1.29, 1.82) is 0 Å². The van der Waals surface area contributed by atoms with Gasteiger partial charge in [0.2, 0.25) is 11.8 Å². The van der Waals surface area contributed by atoms with Crippen molar-refractivity contribution in [1.82, 2.24) is 5.32 Å². The Morgan fingerprint density at radius 3 is 2.33 bits per heavy atom. The molecular formula is C22H26N2O5S. The number of amides is 2. The average Bonchev–Trinajstić information content (AvgIpc) is 3.24. The molecule has 2 amide bonds. The molecule has 0 aliphatic rings. The van der Waals surface area contributed by atoms with E-state index in [9.17, 15) is 19.2 Å². The third kappa shape index (κ3) is 7.11. The van der Waals surface area contributed by atoms with Crippen LogP contribution in [0.15, 0.2) is 41.8 Å². The minimum atomic E-state index is -1.20. The Bertz CT molecular complexity index is 877. The van der Waals surface area contributed by atoms with Gasteiger partial charge < -0.3 is 16.2 Å². The molecular weight excluding hydrogens is 404 g/mol. The van der Waals surface area contributed by atoms with Crippen molar-refractivity contribution in [3.63, 3.8) is 0 Å². The summed E-state index contributed by atoms with van der Waals surface area (Å²) in [5, 5.41) is 13.5. The van der Waals surface area contributed by atoms with E-state index in [2.05, 4.69) is 5.32 Å². The summed E-state index contributed by atoms with van der Waals surface area (Å²) in [6.07, 6.45) is 0.288. The van der Waals surface area contributed by atoms with Gasteiger partial charge >= 0.3 is 5.97 Å². The van der Waals surface area contributed by atoms with Crippen LogP contribution in [0.2, 0.25) is 0 Å². The number of carboxylic acid groups (broad SMARTS) is 1. The van der Waals surface area contributed by atoms with E-state index in [4.69, 9.17) is 10.8 Å². The second-order valence-corrected chi connectivity index (χ2v) is 8.02. The quantitative estimate of drug-likeness (QED) is 0.477. The molecule has 0 saturated carbocycles. The van der Waals surface area contributed by atoms with Gasteiger partial charge in [-0.15, -0.1) is 11.3 Å². The summed E-state index contributed by atoms with van der Waals surface area (Å²) in [6.45, 7) is 1.74. The van der Waals surface area contributed by atoms with E-state index in [0.29, 0.717) is 12.8 Å². The highest BCUT2D eigenvalue weighted by molar-refractivity contribution is 7.13. The van der Waals surface area contributed by atoms with Crippen molar-refractivity contribution in [2.45, 2.75) is 45.1 Å². The molecule has 8 heteroatoms. The van der Waals surface area contributed by atoms with Crippen LogP contribution in [0.4, 0.5) is 0 Å². The first kappa shape index (κ1) is 23.3. The Morgan fingerprint density at radius 1 is 1.10 bits per heavy atom. The van der Waals surface area contributed by atoms with Crippen LogP contribution in [0.1, 0.15) is 38.2 Å². The molecule has 2 atom stereocenters. The molecule has 7 nitrogen and oxygen atoms in total. The fourth-order valence-electron chi connectivity index (χ4n) is 3.08. The Hall–Kier alpha value is -3.00. The number of carbonyl (C=O) groups is 4. The van der Waals surface area contributed by atoms with Crippen molar-refractivity contribution in [2.24, 2.45) is 11.7 Å². The van der Waals surface area contributed by atoms with Crippen LogP contribution in [0.25, 0.3) is 10.4 Å². The maximum atomic E-state index is 12.4. The Morgan fingerprint density at radius 2 is 1.80 bits per heavy atom. The molecule has 0 unspecified atom stereocenters. The fraction of sp³-hybridized carbons (Fsp3) is 0.364. The standard InChI is InChI=1S/C22H26N2O5S/c1-2-17(18(25)12-16(22(23)29)13-21(27)28)24-20(26)10-7-14-5-8-15(9-6-14)19-4-3-11-30-19/h3-6,8-9,11,16-17H,2,7,10,12-13H2,1H3,(H2,23,29)(H,24,26)(H,27,28)/t16-,17-/m0/s1. The zero-order chi connectivity index (χ0) is 22.1. The second kappa shape index (κ2) is 11.3. The van der Waals surface area contributed by atoms with Crippen LogP contribution in [0.3, 0.4) is 0 Å². The Kier molecular flexibility index (Phi) is 8.73. The molecule has 0 bridgehead atoms. The number of carboxylic acids is 1. The van der Waals surface area contributed by atoms with Crippen molar-refractivity contribution < 1.29 is 24.3 Å². The first-order valence-corrected chi connectivity index (χ1v) is 10.6. The highest BCUT2D eigenvalue weighted by atomic mass is 32.1. The molecule has 0 saturated heterocycles. The number of carbonyl (C=O) groups excluding carboxylic acids is 3. The van der Waals surface area contributed by atoms with Crippen molar-refractivity contribution in [2.75, 3.05) is 0 Å². The van der Waals surface area contributed by atoms with E-state index in [1.165, 1.54) is 4.88 Å². The van der Waals surface area contributed by atoms with Gasteiger partial charge in [-0.2, -0.15) is 0 Å². The predicted molar refractivity (Wildman–Crippen MR) is 115 cm³/mol. The van der Waals surface area contributed by atoms with E-state index in [-0.39, 0.29) is 18.7 Å². The highest BCUT2D eigenvalue weighted by Gasteiger charge is 2.27. The molecule has 0 spiro atoms. The lowest BCUT2D eigenvalue weighted by Gasteiger charge is -2.18. The van der Waals surface area contributed by atoms with Gasteiger partial charge in [-0.05, 0) is 35.4 Å². The number of ketones is 1. The molecule has 0 radical (unpaired) electrons. The number of hydrogen-bond acceptors (Lipinski definition) is 5. The predicted octanol–water partition coefficient (Wildman–Crippen LogP) is 2.78. The molecule has 0 fully saturated rings. The van der Waals surface area contributed by atoms with Crippen LogP contribution in [0.5, 0.6) is 0 Å². The fourth-order valence-corrected chi connectivity index (χ4v) is 3.82. The molecule has 160 valence electrons. The molecule has 4 N–H and O–H groups in total. The number of rotatable bonds is 12. The van der Waals surface area contributed by atoms with Crippen LogP contribution in [-0.2, 0) is 25.6 Å². The number of hydrogen-bond donors (Lipinski definition) is 3. The number of aliphatic carboxylic acids is 1. The lowest BCUT2D eigenvalue weighted by molar-refractivity contribution is -0.141. The number of thiophene rings is 1. The smallest absolute Gasteiger partial charge is 0.304 e. The Labute approximate surface area is 179 Å². The number of aryl methyl sites for hydroxylation is 1. The number of nitrogens with one attached hydrogen (secondary N) is 1. The minimum Gasteiger partial charge on any atom is -0.481 e. The van der Waals surface area contributed by atoms with Gasteiger partial charge in [0.05, 0.1) is 18.4 Å². The van der Waals surface area contributed by atoms with Gasteiger partial charge in [0, 0.05) is 17.7 Å². The summed E-state index contributed by atoms with van der Waals surface area (Å²) < 4.78 is 0. The normalized spacial score (nSPS) is 12.7. The zero-order valence-corrected chi connectivity index (χ0v) is 17.6. The van der Waals surface area contributed by atoms with Crippen molar-refractivity contribution in [3.8, 4) is 10.4 Å². The van der Waals surface area contributed by atoms with Gasteiger partial charge in [0.1, 0.15) is 0 Å². The molecule has 1 aromatic carbocycles. The van der Waals surface area contributed by atoms with Gasteiger partial charge in [-0.3, -0.25) is 19.2 Å². The molecule has 2 rings (SSSR count). The zero-order valence-electron chi connectivity index (χ0n) is 16.8. The largest absolute Gasteiger partial charge is 0.481 e. The van der Waals surface area contributed by atoms with Crippen molar-refractivity contribution >= 4 is 34.9 Å². The van der Waals surface area contributed by atoms with Gasteiger partial charge in [-0.25, -0.2) is 0 Å². The van der Waals surface area contributed by atoms with E-state index >= 15 is 0 Å². The molecule has 1 heterocycles. The van der Waals surface area contributed by atoms with Gasteiger partial charge in [0.15, 0.2) is 5.78 Å². The van der Waals surface area contributed by atoms with E-state index < -0.39 is 36.0 Å². The summed E-state index contributed by atoms with van der Waals surface area (Å²) in [5.74, 6) is -3.78. The molecule has 30 heavy (non-hydrogen) atoms. The minimum absolute atomic E-state index is 0.219. The maximum Gasteiger partial charge on any atom is 0.304 e. The number of nitrogens with two attached hydrogens (primary N) is 1. The third-order valence-electron chi connectivity index (χ3n) is 4.80. The monoisotopic (exact) mass is 430 g/mol. The molecule has 2 aromatic rings. The molecule has 0 aliphatic heterocycles.